The number of pyridine rings is 2. The Kier molecular flexibility index (Phi) is 4.09. The average molecular weight is 311 g/mol. The Bertz CT molecular complexity index is 826. The number of urea groups is 1. The number of nitrogens with one attached hydrogen (secondary N) is 2. The molecule has 7 heteroatoms. The number of nitrogens with zero attached hydrogens (tertiary/aromatic N) is 3. The van der Waals surface area contributed by atoms with E-state index < -0.39 is 0 Å². The summed E-state index contributed by atoms with van der Waals surface area (Å²) >= 11 is 0. The molecule has 0 unspecified atom stereocenters. The second-order valence-electron chi connectivity index (χ2n) is 4.88. The summed E-state index contributed by atoms with van der Waals surface area (Å²) in [4.78, 5) is 20.2. The van der Waals surface area contributed by atoms with Crippen LogP contribution in [0.4, 0.5) is 10.6 Å². The van der Waals surface area contributed by atoms with Crippen LogP contribution in [-0.4, -0.2) is 34.1 Å². The number of carbonyl (C=O) groups is 1. The van der Waals surface area contributed by atoms with Gasteiger partial charge in [0.1, 0.15) is 5.65 Å². The number of ether oxygens (including phenoxy) is 1. The third-order valence-electron chi connectivity index (χ3n) is 3.32. The molecule has 3 aromatic heterocycles. The molecule has 0 spiro atoms. The van der Waals surface area contributed by atoms with Crippen LogP contribution >= 0.6 is 0 Å². The Balaban J connectivity index is 1.87. The van der Waals surface area contributed by atoms with Crippen molar-refractivity contribution in [3.05, 3.63) is 42.9 Å². The van der Waals surface area contributed by atoms with E-state index in [4.69, 9.17) is 4.74 Å². The quantitative estimate of drug-likeness (QED) is 0.776. The van der Waals surface area contributed by atoms with E-state index in [1.165, 1.54) is 0 Å². The van der Waals surface area contributed by atoms with Gasteiger partial charge in [0, 0.05) is 30.6 Å². The minimum Gasteiger partial charge on any atom is -0.481 e. The van der Waals surface area contributed by atoms with Crippen LogP contribution in [-0.2, 0) is 0 Å². The Hall–Kier alpha value is -3.09. The van der Waals surface area contributed by atoms with E-state index in [9.17, 15) is 4.79 Å². The zero-order chi connectivity index (χ0) is 16.2. The van der Waals surface area contributed by atoms with Crippen LogP contribution in [0.25, 0.3) is 16.8 Å². The highest BCUT2D eigenvalue weighted by Crippen LogP contribution is 2.22. The first-order chi connectivity index (χ1) is 11.2. The van der Waals surface area contributed by atoms with Gasteiger partial charge in [-0.05, 0) is 30.7 Å². The molecule has 0 saturated carbocycles. The standard InChI is InChI=1S/C16H17N5O2/c1-3-17-16(22)20-13-10-21-7-6-11(8-14(21)19-13)12-4-5-15(23-2)18-9-12/h4-10H,3H2,1-2H3,(H2,17,20,22). The maximum atomic E-state index is 11.5. The lowest BCUT2D eigenvalue weighted by Crippen LogP contribution is -2.28. The molecule has 3 aromatic rings. The smallest absolute Gasteiger partial charge is 0.320 e. The molecule has 3 heterocycles. The Labute approximate surface area is 133 Å². The molecule has 2 N–H and O–H groups in total. The number of aromatic nitrogens is 3. The molecule has 7 nitrogen and oxygen atoms in total. The number of methoxy groups -OCH3 is 1. The Morgan fingerprint density at radius 3 is 2.87 bits per heavy atom. The lowest BCUT2D eigenvalue weighted by atomic mass is 10.1. The van der Waals surface area contributed by atoms with Crippen LogP contribution in [0, 0.1) is 0 Å². The van der Waals surface area contributed by atoms with Crippen LogP contribution in [0.15, 0.2) is 42.9 Å². The van der Waals surface area contributed by atoms with E-state index in [0.717, 1.165) is 16.8 Å². The summed E-state index contributed by atoms with van der Waals surface area (Å²) in [6.07, 6.45) is 5.41. The van der Waals surface area contributed by atoms with Crippen LogP contribution in [0.3, 0.4) is 0 Å². The summed E-state index contributed by atoms with van der Waals surface area (Å²) in [6.45, 7) is 2.42. The number of hydrogen-bond acceptors (Lipinski definition) is 4. The van der Waals surface area contributed by atoms with Crippen molar-refractivity contribution in [2.45, 2.75) is 6.92 Å². The number of anilines is 1. The topological polar surface area (TPSA) is 80.6 Å². The number of amides is 2. The third kappa shape index (κ3) is 3.23. The first kappa shape index (κ1) is 14.8. The van der Waals surface area contributed by atoms with E-state index >= 15 is 0 Å². The zero-order valence-electron chi connectivity index (χ0n) is 12.9. The first-order valence-corrected chi connectivity index (χ1v) is 7.23. The van der Waals surface area contributed by atoms with Gasteiger partial charge >= 0.3 is 6.03 Å². The number of hydrogen-bond donors (Lipinski definition) is 2. The van der Waals surface area contributed by atoms with Gasteiger partial charge in [0.15, 0.2) is 5.82 Å². The maximum absolute atomic E-state index is 11.5. The second-order valence-corrected chi connectivity index (χ2v) is 4.88. The molecular weight excluding hydrogens is 294 g/mol. The summed E-state index contributed by atoms with van der Waals surface area (Å²) in [7, 11) is 1.59. The van der Waals surface area contributed by atoms with E-state index in [1.807, 2.05) is 41.8 Å². The monoisotopic (exact) mass is 311 g/mol. The predicted octanol–water partition coefficient (Wildman–Crippen LogP) is 2.55. The summed E-state index contributed by atoms with van der Waals surface area (Å²) in [5.41, 5.74) is 2.70. The van der Waals surface area contributed by atoms with Crippen molar-refractivity contribution in [2.75, 3.05) is 19.0 Å². The summed E-state index contributed by atoms with van der Waals surface area (Å²) in [5, 5.41) is 5.36. The van der Waals surface area contributed by atoms with Gasteiger partial charge in [0.2, 0.25) is 5.88 Å². The van der Waals surface area contributed by atoms with Crippen molar-refractivity contribution < 1.29 is 9.53 Å². The van der Waals surface area contributed by atoms with Crippen molar-refractivity contribution in [3.63, 3.8) is 0 Å². The SMILES string of the molecule is CCNC(=O)Nc1cn2ccc(-c3ccc(OC)nc3)cc2n1. The number of rotatable bonds is 4. The maximum Gasteiger partial charge on any atom is 0.320 e. The number of carbonyl (C=O) groups excluding carboxylic acids is 1. The predicted molar refractivity (Wildman–Crippen MR) is 87.7 cm³/mol. The molecule has 0 aliphatic heterocycles. The molecular formula is C16H17N5O2. The molecule has 0 radical (unpaired) electrons. The van der Waals surface area contributed by atoms with Gasteiger partial charge in [0.25, 0.3) is 0 Å². The molecule has 0 aromatic carbocycles. The molecule has 0 bridgehead atoms. The minimum absolute atomic E-state index is 0.268. The first-order valence-electron chi connectivity index (χ1n) is 7.23. The van der Waals surface area contributed by atoms with Crippen LogP contribution in [0.1, 0.15) is 6.92 Å². The fourth-order valence-electron chi connectivity index (χ4n) is 2.21. The van der Waals surface area contributed by atoms with E-state index in [0.29, 0.717) is 18.2 Å². The number of fused-ring (bicyclic) bond motifs is 1. The van der Waals surface area contributed by atoms with Gasteiger partial charge < -0.3 is 14.5 Å². The van der Waals surface area contributed by atoms with Gasteiger partial charge in [0.05, 0.1) is 13.3 Å². The molecule has 118 valence electrons. The molecule has 2 amide bonds. The lowest BCUT2D eigenvalue weighted by Gasteiger charge is -2.03. The van der Waals surface area contributed by atoms with E-state index in [1.54, 1.807) is 19.5 Å². The van der Waals surface area contributed by atoms with Crippen molar-refractivity contribution in [3.8, 4) is 17.0 Å². The van der Waals surface area contributed by atoms with Gasteiger partial charge in [-0.1, -0.05) is 0 Å². The fraction of sp³-hybridized carbons (Fsp3) is 0.188. The van der Waals surface area contributed by atoms with Crippen LogP contribution < -0.4 is 15.4 Å². The molecule has 0 fully saturated rings. The summed E-state index contributed by atoms with van der Waals surface area (Å²) in [5.74, 6) is 1.07. The molecule has 3 rings (SSSR count). The highest BCUT2D eigenvalue weighted by molar-refractivity contribution is 5.88. The van der Waals surface area contributed by atoms with E-state index in [2.05, 4.69) is 20.6 Å². The van der Waals surface area contributed by atoms with Gasteiger partial charge in [-0.3, -0.25) is 5.32 Å². The highest BCUT2D eigenvalue weighted by atomic mass is 16.5. The normalized spacial score (nSPS) is 10.5. The molecule has 0 aliphatic rings. The Morgan fingerprint density at radius 1 is 1.30 bits per heavy atom. The highest BCUT2D eigenvalue weighted by Gasteiger charge is 2.07. The van der Waals surface area contributed by atoms with Crippen molar-refractivity contribution >= 4 is 17.5 Å². The molecule has 0 aliphatic carbocycles. The largest absolute Gasteiger partial charge is 0.481 e. The number of imidazole rings is 1. The molecule has 0 saturated heterocycles. The average Bonchev–Trinajstić information content (AvgIpc) is 2.96. The second kappa shape index (κ2) is 6.35. The minimum atomic E-state index is -0.268. The summed E-state index contributed by atoms with van der Waals surface area (Å²) in [6, 6.07) is 7.39. The third-order valence-corrected chi connectivity index (χ3v) is 3.32. The van der Waals surface area contributed by atoms with Crippen LogP contribution in [0.5, 0.6) is 5.88 Å². The van der Waals surface area contributed by atoms with Crippen molar-refractivity contribution in [1.29, 1.82) is 0 Å². The van der Waals surface area contributed by atoms with Gasteiger partial charge in [-0.15, -0.1) is 0 Å². The fourth-order valence-corrected chi connectivity index (χ4v) is 2.21. The van der Waals surface area contributed by atoms with Crippen LogP contribution in [0.2, 0.25) is 0 Å². The van der Waals surface area contributed by atoms with E-state index in [-0.39, 0.29) is 6.03 Å². The lowest BCUT2D eigenvalue weighted by molar-refractivity contribution is 0.252. The molecule has 23 heavy (non-hydrogen) atoms. The van der Waals surface area contributed by atoms with Crippen molar-refractivity contribution in [1.82, 2.24) is 19.7 Å². The van der Waals surface area contributed by atoms with Gasteiger partial charge in [-0.25, -0.2) is 14.8 Å². The van der Waals surface area contributed by atoms with Gasteiger partial charge in [-0.2, -0.15) is 0 Å². The molecule has 0 atom stereocenters. The van der Waals surface area contributed by atoms with Crippen molar-refractivity contribution in [2.24, 2.45) is 0 Å². The Morgan fingerprint density at radius 2 is 2.17 bits per heavy atom. The zero-order valence-corrected chi connectivity index (χ0v) is 12.9. The summed E-state index contributed by atoms with van der Waals surface area (Å²) < 4.78 is 6.91.